The summed E-state index contributed by atoms with van der Waals surface area (Å²) in [7, 11) is 0. The molecule has 1 saturated heterocycles. The summed E-state index contributed by atoms with van der Waals surface area (Å²) < 4.78 is 19.4. The van der Waals surface area contributed by atoms with E-state index in [1.165, 1.54) is 0 Å². The molecule has 2 N–H and O–H groups in total. The Hall–Kier alpha value is -1.66. The van der Waals surface area contributed by atoms with Crippen molar-refractivity contribution in [3.63, 3.8) is 0 Å². The van der Waals surface area contributed by atoms with Crippen LogP contribution in [0.1, 0.15) is 38.3 Å². The van der Waals surface area contributed by atoms with Crippen LogP contribution in [0.5, 0.6) is 0 Å². The third-order valence-corrected chi connectivity index (χ3v) is 4.44. The highest BCUT2D eigenvalue weighted by molar-refractivity contribution is 5.79. The van der Waals surface area contributed by atoms with Crippen LogP contribution in [0.15, 0.2) is 23.2 Å². The lowest BCUT2D eigenvalue weighted by molar-refractivity contribution is -0.0679. The van der Waals surface area contributed by atoms with Crippen molar-refractivity contribution in [2.45, 2.75) is 52.9 Å². The highest BCUT2D eigenvalue weighted by Gasteiger charge is 2.21. The first kappa shape index (κ1) is 20.6. The Morgan fingerprint density at radius 1 is 1.27 bits per heavy atom. The predicted molar refractivity (Wildman–Crippen MR) is 105 cm³/mol. The summed E-state index contributed by atoms with van der Waals surface area (Å²) in [6, 6.07) is 5.28. The van der Waals surface area contributed by atoms with Gasteiger partial charge in [-0.05, 0) is 51.3 Å². The Morgan fingerprint density at radius 2 is 2.00 bits per heavy atom. The number of hydrogen-bond acceptors (Lipinski definition) is 3. The number of halogens is 1. The van der Waals surface area contributed by atoms with Crippen LogP contribution in [-0.4, -0.2) is 55.8 Å². The number of guanidine groups is 1. The molecular weight excluding hydrogens is 331 g/mol. The van der Waals surface area contributed by atoms with E-state index in [9.17, 15) is 4.39 Å². The number of morpholine rings is 1. The molecule has 146 valence electrons. The molecule has 0 aromatic heterocycles. The normalized spacial score (nSPS) is 21.7. The summed E-state index contributed by atoms with van der Waals surface area (Å²) >= 11 is 0. The standard InChI is InChI=1S/C20H33FN4O/c1-5-22-20(24-12-18-8-7-15(2)19(21)11-18)23-9-6-10-25-13-16(3)26-17(4)14-25/h7-8,11,16-17H,5-6,9-10,12-14H2,1-4H3,(H2,22,23,24). The summed E-state index contributed by atoms with van der Waals surface area (Å²) in [5.41, 5.74) is 1.54. The smallest absolute Gasteiger partial charge is 0.191 e. The number of nitrogens with one attached hydrogen (secondary N) is 2. The molecule has 6 heteroatoms. The van der Waals surface area contributed by atoms with E-state index in [4.69, 9.17) is 4.74 Å². The molecule has 2 rings (SSSR count). The first-order valence-corrected chi connectivity index (χ1v) is 9.63. The number of hydrogen-bond donors (Lipinski definition) is 2. The Bertz CT molecular complexity index is 583. The molecule has 26 heavy (non-hydrogen) atoms. The van der Waals surface area contributed by atoms with Gasteiger partial charge >= 0.3 is 0 Å². The van der Waals surface area contributed by atoms with Crippen LogP contribution in [0.4, 0.5) is 4.39 Å². The van der Waals surface area contributed by atoms with Crippen LogP contribution in [0.3, 0.4) is 0 Å². The van der Waals surface area contributed by atoms with Gasteiger partial charge in [0.2, 0.25) is 0 Å². The summed E-state index contributed by atoms with van der Waals surface area (Å²) in [4.78, 5) is 7.02. The molecule has 0 aliphatic carbocycles. The summed E-state index contributed by atoms with van der Waals surface area (Å²) in [5.74, 6) is 0.599. The molecular formula is C20H33FN4O. The average molecular weight is 365 g/mol. The third kappa shape index (κ3) is 6.92. The number of aryl methyl sites for hydroxylation is 1. The minimum atomic E-state index is -0.176. The van der Waals surface area contributed by atoms with Crippen molar-refractivity contribution in [2.75, 3.05) is 32.7 Å². The molecule has 1 fully saturated rings. The molecule has 1 aromatic rings. The molecule has 0 spiro atoms. The van der Waals surface area contributed by atoms with Crippen molar-refractivity contribution in [1.82, 2.24) is 15.5 Å². The van der Waals surface area contributed by atoms with Crippen molar-refractivity contribution in [3.8, 4) is 0 Å². The van der Waals surface area contributed by atoms with Gasteiger partial charge in [0.25, 0.3) is 0 Å². The van der Waals surface area contributed by atoms with E-state index in [0.717, 1.165) is 50.7 Å². The van der Waals surface area contributed by atoms with Gasteiger partial charge in [0.15, 0.2) is 5.96 Å². The quantitative estimate of drug-likeness (QED) is 0.444. The molecule has 0 saturated carbocycles. The highest BCUT2D eigenvalue weighted by Crippen LogP contribution is 2.11. The fourth-order valence-corrected chi connectivity index (χ4v) is 3.22. The van der Waals surface area contributed by atoms with Crippen LogP contribution >= 0.6 is 0 Å². The van der Waals surface area contributed by atoms with Crippen LogP contribution in [0.25, 0.3) is 0 Å². The van der Waals surface area contributed by atoms with Crippen molar-refractivity contribution in [1.29, 1.82) is 0 Å². The Labute approximate surface area is 157 Å². The van der Waals surface area contributed by atoms with Crippen LogP contribution in [0, 0.1) is 12.7 Å². The first-order valence-electron chi connectivity index (χ1n) is 9.63. The van der Waals surface area contributed by atoms with E-state index in [1.807, 2.05) is 13.0 Å². The Morgan fingerprint density at radius 3 is 2.65 bits per heavy atom. The highest BCUT2D eigenvalue weighted by atomic mass is 19.1. The summed E-state index contributed by atoms with van der Waals surface area (Å²) in [6.45, 7) is 13.2. The van der Waals surface area contributed by atoms with Gasteiger partial charge in [-0.15, -0.1) is 0 Å². The first-order chi connectivity index (χ1) is 12.5. The predicted octanol–water partition coefficient (Wildman–Crippen LogP) is 2.69. The van der Waals surface area contributed by atoms with Crippen LogP contribution < -0.4 is 10.6 Å². The molecule has 2 unspecified atom stereocenters. The largest absolute Gasteiger partial charge is 0.373 e. The fourth-order valence-electron chi connectivity index (χ4n) is 3.22. The molecule has 0 bridgehead atoms. The van der Waals surface area contributed by atoms with Crippen molar-refractivity contribution in [3.05, 3.63) is 35.1 Å². The van der Waals surface area contributed by atoms with E-state index in [0.29, 0.717) is 24.3 Å². The second-order valence-corrected chi connectivity index (χ2v) is 7.08. The molecule has 1 heterocycles. The van der Waals surface area contributed by atoms with Crippen molar-refractivity contribution >= 4 is 5.96 Å². The van der Waals surface area contributed by atoms with Gasteiger partial charge in [0.05, 0.1) is 18.8 Å². The van der Waals surface area contributed by atoms with E-state index >= 15 is 0 Å². The summed E-state index contributed by atoms with van der Waals surface area (Å²) in [6.07, 6.45) is 1.66. The molecule has 1 aliphatic rings. The maximum Gasteiger partial charge on any atom is 0.191 e. The monoisotopic (exact) mass is 364 g/mol. The van der Waals surface area contributed by atoms with Crippen molar-refractivity contribution in [2.24, 2.45) is 4.99 Å². The minimum Gasteiger partial charge on any atom is -0.373 e. The topological polar surface area (TPSA) is 48.9 Å². The lowest BCUT2D eigenvalue weighted by Crippen LogP contribution is -2.46. The van der Waals surface area contributed by atoms with Gasteiger partial charge in [0, 0.05) is 32.7 Å². The van der Waals surface area contributed by atoms with E-state index in [-0.39, 0.29) is 5.82 Å². The van der Waals surface area contributed by atoms with Gasteiger partial charge in [-0.1, -0.05) is 12.1 Å². The van der Waals surface area contributed by atoms with Gasteiger partial charge < -0.3 is 15.4 Å². The van der Waals surface area contributed by atoms with Crippen LogP contribution in [-0.2, 0) is 11.3 Å². The van der Waals surface area contributed by atoms with E-state index in [1.54, 1.807) is 19.1 Å². The second kappa shape index (κ2) is 10.5. The maximum atomic E-state index is 13.6. The van der Waals surface area contributed by atoms with E-state index in [2.05, 4.69) is 34.4 Å². The SMILES string of the molecule is CCNC(=NCc1ccc(C)c(F)c1)NCCCN1CC(C)OC(C)C1. The Balaban J connectivity index is 1.77. The minimum absolute atomic E-state index is 0.176. The van der Waals surface area contributed by atoms with Gasteiger partial charge in [0.1, 0.15) is 5.82 Å². The zero-order chi connectivity index (χ0) is 18.9. The number of rotatable bonds is 7. The molecule has 1 aromatic carbocycles. The average Bonchev–Trinajstić information content (AvgIpc) is 2.58. The van der Waals surface area contributed by atoms with Gasteiger partial charge in [-0.25, -0.2) is 9.38 Å². The molecule has 5 nitrogen and oxygen atoms in total. The molecule has 0 amide bonds. The van der Waals surface area contributed by atoms with Gasteiger partial charge in [-0.2, -0.15) is 0 Å². The maximum absolute atomic E-state index is 13.6. The van der Waals surface area contributed by atoms with Crippen LogP contribution in [0.2, 0.25) is 0 Å². The number of nitrogens with zero attached hydrogens (tertiary/aromatic N) is 2. The van der Waals surface area contributed by atoms with Crippen molar-refractivity contribution < 1.29 is 9.13 Å². The lowest BCUT2D eigenvalue weighted by Gasteiger charge is -2.35. The zero-order valence-corrected chi connectivity index (χ0v) is 16.5. The zero-order valence-electron chi connectivity index (χ0n) is 16.5. The Kier molecular flexibility index (Phi) is 8.32. The number of aliphatic imine (C=N–C) groups is 1. The van der Waals surface area contributed by atoms with E-state index < -0.39 is 0 Å². The molecule has 2 atom stereocenters. The van der Waals surface area contributed by atoms with Gasteiger partial charge in [-0.3, -0.25) is 4.90 Å². The fraction of sp³-hybridized carbons (Fsp3) is 0.650. The second-order valence-electron chi connectivity index (χ2n) is 7.08. The molecule has 1 aliphatic heterocycles. The third-order valence-electron chi connectivity index (χ3n) is 4.44. The lowest BCUT2D eigenvalue weighted by atomic mass is 10.1. The molecule has 0 radical (unpaired) electrons. The summed E-state index contributed by atoms with van der Waals surface area (Å²) in [5, 5.41) is 6.61. The number of benzene rings is 1. The number of ether oxygens (including phenoxy) is 1.